The van der Waals surface area contributed by atoms with Crippen LogP contribution in [-0.4, -0.2) is 7.11 Å². The van der Waals surface area contributed by atoms with Crippen molar-refractivity contribution in [2.24, 2.45) is 0 Å². The van der Waals surface area contributed by atoms with Crippen LogP contribution >= 0.6 is 11.6 Å². The van der Waals surface area contributed by atoms with Crippen molar-refractivity contribution < 1.29 is 9.72 Å². The van der Waals surface area contributed by atoms with Gasteiger partial charge in [-0.2, -0.15) is 0 Å². The van der Waals surface area contributed by atoms with Gasteiger partial charge in [-0.15, -0.1) is 0 Å². The number of nitrogens with one attached hydrogen (secondary N) is 1. The Morgan fingerprint density at radius 2 is 2.15 bits per heavy atom. The fraction of sp³-hybridized carbons (Fsp3) is 0.100. The highest BCUT2D eigenvalue weighted by molar-refractivity contribution is 6.31. The molecule has 0 fully saturated rings. The van der Waals surface area contributed by atoms with E-state index in [1.807, 2.05) is 30.5 Å². The number of hydrogen-bond donors (Lipinski definition) is 0. The normalized spacial score (nSPS) is 10.3. The molecule has 0 unspecified atom stereocenters. The van der Waals surface area contributed by atoms with Gasteiger partial charge < -0.3 is 4.74 Å². The molecule has 0 radical (unpaired) electrons. The lowest BCUT2D eigenvalue weighted by molar-refractivity contribution is -0.344. The van der Waals surface area contributed by atoms with Gasteiger partial charge in [0.25, 0.3) is 0 Å². The van der Waals surface area contributed by atoms with Crippen LogP contribution in [0.15, 0.2) is 30.5 Å². The van der Waals surface area contributed by atoms with E-state index in [1.165, 1.54) is 0 Å². The zero-order valence-corrected chi connectivity index (χ0v) is 7.93. The molecule has 0 saturated heterocycles. The number of rotatable bonds is 1. The van der Waals surface area contributed by atoms with Crippen molar-refractivity contribution in [1.29, 1.82) is 0 Å². The molecule has 0 spiro atoms. The summed E-state index contributed by atoms with van der Waals surface area (Å²) in [7, 11) is 1.66. The molecule has 1 N–H and O–H groups in total. The monoisotopic (exact) mass is 194 g/mol. The van der Waals surface area contributed by atoms with E-state index in [0.717, 1.165) is 21.7 Å². The number of H-pyrrole nitrogens is 1. The molecule has 1 aromatic heterocycles. The van der Waals surface area contributed by atoms with Crippen LogP contribution in [0.3, 0.4) is 0 Å². The highest BCUT2D eigenvalue weighted by Crippen LogP contribution is 2.23. The topological polar surface area (TPSA) is 23.4 Å². The third-order valence-electron chi connectivity index (χ3n) is 1.94. The minimum atomic E-state index is 0.719. The van der Waals surface area contributed by atoms with Gasteiger partial charge >= 0.3 is 0 Å². The van der Waals surface area contributed by atoms with Gasteiger partial charge in [-0.05, 0) is 12.1 Å². The molecule has 0 amide bonds. The largest absolute Gasteiger partial charge is 0.496 e. The summed E-state index contributed by atoms with van der Waals surface area (Å²) in [6.07, 6.45) is 1.83. The summed E-state index contributed by atoms with van der Waals surface area (Å²) < 4.78 is 5.20. The Labute approximate surface area is 81.1 Å². The Balaban J connectivity index is 2.77. The van der Waals surface area contributed by atoms with Crippen molar-refractivity contribution in [3.63, 3.8) is 0 Å². The zero-order chi connectivity index (χ0) is 9.26. The van der Waals surface area contributed by atoms with E-state index in [9.17, 15) is 0 Å². The van der Waals surface area contributed by atoms with Crippen molar-refractivity contribution in [3.05, 3.63) is 35.5 Å². The molecule has 0 aliphatic carbocycles. The molecule has 2 rings (SSSR count). The van der Waals surface area contributed by atoms with Gasteiger partial charge in [-0.1, -0.05) is 11.6 Å². The molecule has 0 aliphatic rings. The minimum Gasteiger partial charge on any atom is -0.496 e. The molecule has 0 saturated carbocycles. The Bertz CT molecular complexity index is 442. The Morgan fingerprint density at radius 3 is 2.92 bits per heavy atom. The number of aromatic amines is 1. The third kappa shape index (κ3) is 1.45. The maximum Gasteiger partial charge on any atom is 0.216 e. The number of ether oxygens (including phenoxy) is 1. The molecule has 13 heavy (non-hydrogen) atoms. The summed E-state index contributed by atoms with van der Waals surface area (Å²) in [5.74, 6) is 0.852. The SMILES string of the molecule is COc1cc[nH+]c2cc(Cl)ccc12. The van der Waals surface area contributed by atoms with E-state index >= 15 is 0 Å². The lowest BCUT2D eigenvalue weighted by Crippen LogP contribution is -2.02. The van der Waals surface area contributed by atoms with Crippen LogP contribution in [0.4, 0.5) is 0 Å². The number of fused-ring (bicyclic) bond motifs is 1. The fourth-order valence-corrected chi connectivity index (χ4v) is 1.50. The fourth-order valence-electron chi connectivity index (χ4n) is 1.33. The van der Waals surface area contributed by atoms with E-state index in [4.69, 9.17) is 16.3 Å². The highest BCUT2D eigenvalue weighted by Gasteiger charge is 2.05. The minimum absolute atomic E-state index is 0.719. The second kappa shape index (κ2) is 3.23. The molecular weight excluding hydrogens is 186 g/mol. The molecular formula is C10H9ClNO+. The molecule has 0 bridgehead atoms. The Hall–Kier alpha value is -1.28. The first-order valence-corrected chi connectivity index (χ1v) is 4.33. The first kappa shape index (κ1) is 8.32. The van der Waals surface area contributed by atoms with Gasteiger partial charge in [0.05, 0.1) is 12.5 Å². The van der Waals surface area contributed by atoms with Crippen LogP contribution in [0.1, 0.15) is 0 Å². The van der Waals surface area contributed by atoms with Gasteiger partial charge in [0.15, 0.2) is 6.20 Å². The average molecular weight is 195 g/mol. The smallest absolute Gasteiger partial charge is 0.216 e. The van der Waals surface area contributed by atoms with E-state index < -0.39 is 0 Å². The number of halogens is 1. The maximum atomic E-state index is 5.85. The number of pyridine rings is 1. The predicted octanol–water partition coefficient (Wildman–Crippen LogP) is 2.32. The molecule has 0 aliphatic heterocycles. The predicted molar refractivity (Wildman–Crippen MR) is 52.1 cm³/mol. The molecule has 3 heteroatoms. The van der Waals surface area contributed by atoms with Crippen molar-refractivity contribution in [2.45, 2.75) is 0 Å². The summed E-state index contributed by atoms with van der Waals surface area (Å²) >= 11 is 5.85. The summed E-state index contributed by atoms with van der Waals surface area (Å²) in [6, 6.07) is 7.54. The molecule has 2 aromatic rings. The number of methoxy groups -OCH3 is 1. The van der Waals surface area contributed by atoms with E-state index in [-0.39, 0.29) is 0 Å². The molecule has 1 heterocycles. The summed E-state index contributed by atoms with van der Waals surface area (Å²) in [6.45, 7) is 0. The van der Waals surface area contributed by atoms with Gasteiger partial charge in [-0.3, -0.25) is 0 Å². The van der Waals surface area contributed by atoms with Gasteiger partial charge in [0, 0.05) is 17.2 Å². The third-order valence-corrected chi connectivity index (χ3v) is 2.18. The van der Waals surface area contributed by atoms with Crippen molar-refractivity contribution in [1.82, 2.24) is 0 Å². The quantitative estimate of drug-likeness (QED) is 0.684. The van der Waals surface area contributed by atoms with Gasteiger partial charge in [-0.25, -0.2) is 4.98 Å². The van der Waals surface area contributed by atoms with Crippen LogP contribution in [0.25, 0.3) is 10.9 Å². The second-order valence-corrected chi connectivity index (χ2v) is 3.17. The molecule has 2 nitrogen and oxygen atoms in total. The Kier molecular flexibility index (Phi) is 2.07. The van der Waals surface area contributed by atoms with Crippen LogP contribution < -0.4 is 9.72 Å². The van der Waals surface area contributed by atoms with Crippen molar-refractivity contribution in [3.8, 4) is 5.75 Å². The van der Waals surface area contributed by atoms with Crippen molar-refractivity contribution in [2.75, 3.05) is 7.11 Å². The lowest BCUT2D eigenvalue weighted by Gasteiger charge is -2.00. The average Bonchev–Trinajstić information content (AvgIpc) is 2.16. The van der Waals surface area contributed by atoms with E-state index in [1.54, 1.807) is 7.11 Å². The standard InChI is InChI=1S/C10H8ClNO/c1-13-10-4-5-12-9-6-7(11)2-3-8(9)10/h2-6H,1H3/p+1. The van der Waals surface area contributed by atoms with Crippen LogP contribution in [0.2, 0.25) is 5.02 Å². The number of hydrogen-bond acceptors (Lipinski definition) is 1. The van der Waals surface area contributed by atoms with Gasteiger partial charge in [0.2, 0.25) is 5.52 Å². The summed E-state index contributed by atoms with van der Waals surface area (Å²) in [4.78, 5) is 3.10. The molecule has 66 valence electrons. The Morgan fingerprint density at radius 1 is 1.31 bits per heavy atom. The highest BCUT2D eigenvalue weighted by atomic mass is 35.5. The first-order valence-electron chi connectivity index (χ1n) is 3.95. The van der Waals surface area contributed by atoms with Crippen LogP contribution in [0, 0.1) is 0 Å². The van der Waals surface area contributed by atoms with E-state index in [0.29, 0.717) is 0 Å². The van der Waals surface area contributed by atoms with Gasteiger partial charge in [0.1, 0.15) is 5.75 Å². The van der Waals surface area contributed by atoms with Crippen LogP contribution in [-0.2, 0) is 0 Å². The zero-order valence-electron chi connectivity index (χ0n) is 7.17. The molecule has 1 aromatic carbocycles. The first-order chi connectivity index (χ1) is 6.31. The van der Waals surface area contributed by atoms with E-state index in [2.05, 4.69) is 4.98 Å². The van der Waals surface area contributed by atoms with Crippen molar-refractivity contribution >= 4 is 22.5 Å². The number of aromatic nitrogens is 1. The molecule has 0 atom stereocenters. The summed E-state index contributed by atoms with van der Waals surface area (Å²) in [5, 5.41) is 1.76. The maximum absolute atomic E-state index is 5.85. The second-order valence-electron chi connectivity index (χ2n) is 2.74. The van der Waals surface area contributed by atoms with Crippen LogP contribution in [0.5, 0.6) is 5.75 Å². The number of benzene rings is 1. The lowest BCUT2D eigenvalue weighted by atomic mass is 10.2. The summed E-state index contributed by atoms with van der Waals surface area (Å²) in [5.41, 5.74) is 0.979.